The molecule has 2 N–H and O–H groups in total. The van der Waals surface area contributed by atoms with Crippen LogP contribution >= 0.6 is 36.2 Å². The van der Waals surface area contributed by atoms with Crippen LogP contribution in [0.4, 0.5) is 0 Å². The predicted octanol–water partition coefficient (Wildman–Crippen LogP) is 2.87. The molecule has 0 radical (unpaired) electrons. The van der Waals surface area contributed by atoms with Crippen LogP contribution in [0, 0.1) is 0 Å². The number of aromatic nitrogens is 1. The van der Waals surface area contributed by atoms with E-state index in [4.69, 9.17) is 0 Å². The van der Waals surface area contributed by atoms with Gasteiger partial charge in [-0.15, -0.1) is 36.2 Å². The van der Waals surface area contributed by atoms with E-state index in [0.29, 0.717) is 12.5 Å². The highest BCUT2D eigenvalue weighted by molar-refractivity contribution is 7.09. The zero-order valence-corrected chi connectivity index (χ0v) is 14.3. The van der Waals surface area contributed by atoms with Crippen molar-refractivity contribution in [1.82, 2.24) is 15.6 Å². The van der Waals surface area contributed by atoms with E-state index in [-0.39, 0.29) is 36.3 Å². The van der Waals surface area contributed by atoms with Gasteiger partial charge in [-0.25, -0.2) is 4.98 Å². The van der Waals surface area contributed by atoms with Gasteiger partial charge in [0, 0.05) is 24.0 Å². The lowest BCUT2D eigenvalue weighted by molar-refractivity contribution is -0.123. The summed E-state index contributed by atoms with van der Waals surface area (Å²) in [4.78, 5) is 16.4. The molecule has 2 unspecified atom stereocenters. The molecule has 20 heavy (non-hydrogen) atoms. The topological polar surface area (TPSA) is 54.0 Å². The molecule has 0 aliphatic carbocycles. The van der Waals surface area contributed by atoms with Gasteiger partial charge in [0.1, 0.15) is 5.01 Å². The molecule has 2 rings (SSSR count). The maximum Gasteiger partial charge on any atom is 0.222 e. The molecule has 116 valence electrons. The van der Waals surface area contributed by atoms with Crippen LogP contribution in [-0.2, 0) is 10.3 Å². The SMILES string of the molecule is CCC(C)(NC(=O)CC1CCCN1)c1nccs1.Cl.Cl. The molecule has 1 fully saturated rings. The summed E-state index contributed by atoms with van der Waals surface area (Å²) >= 11 is 1.60. The first-order valence-electron chi connectivity index (χ1n) is 6.58. The minimum absolute atomic E-state index is 0. The number of carbonyl (C=O) groups excluding carboxylic acids is 1. The van der Waals surface area contributed by atoms with Crippen molar-refractivity contribution in [2.45, 2.75) is 51.1 Å². The number of hydrogen-bond donors (Lipinski definition) is 2. The quantitative estimate of drug-likeness (QED) is 0.867. The summed E-state index contributed by atoms with van der Waals surface area (Å²) in [6.45, 7) is 5.16. The van der Waals surface area contributed by atoms with Crippen LogP contribution < -0.4 is 10.6 Å². The van der Waals surface area contributed by atoms with Gasteiger partial charge in [-0.3, -0.25) is 4.79 Å². The van der Waals surface area contributed by atoms with E-state index >= 15 is 0 Å². The highest BCUT2D eigenvalue weighted by Gasteiger charge is 2.30. The lowest BCUT2D eigenvalue weighted by Gasteiger charge is -2.28. The van der Waals surface area contributed by atoms with Crippen molar-refractivity contribution in [2.75, 3.05) is 6.54 Å². The molecule has 4 nitrogen and oxygen atoms in total. The van der Waals surface area contributed by atoms with Crippen LogP contribution in [0.2, 0.25) is 0 Å². The molecule has 0 saturated carbocycles. The Hall–Kier alpha value is -0.360. The molecule has 1 aliphatic heterocycles. The summed E-state index contributed by atoms with van der Waals surface area (Å²) in [5, 5.41) is 9.43. The van der Waals surface area contributed by atoms with Gasteiger partial charge in [0.2, 0.25) is 5.91 Å². The minimum atomic E-state index is -0.330. The molecule has 0 aromatic carbocycles. The highest BCUT2D eigenvalue weighted by Crippen LogP contribution is 2.26. The van der Waals surface area contributed by atoms with Gasteiger partial charge in [-0.05, 0) is 32.7 Å². The zero-order valence-electron chi connectivity index (χ0n) is 11.8. The molecule has 2 heterocycles. The second-order valence-corrected chi connectivity index (χ2v) is 5.96. The maximum absolute atomic E-state index is 12.1. The normalized spacial score (nSPS) is 20.4. The first-order chi connectivity index (χ1) is 8.64. The van der Waals surface area contributed by atoms with Crippen molar-refractivity contribution >= 4 is 42.1 Å². The highest BCUT2D eigenvalue weighted by atomic mass is 35.5. The fourth-order valence-corrected chi connectivity index (χ4v) is 3.13. The average molecular weight is 340 g/mol. The van der Waals surface area contributed by atoms with Crippen LogP contribution in [0.15, 0.2) is 11.6 Å². The Morgan fingerprint density at radius 2 is 2.35 bits per heavy atom. The lowest BCUT2D eigenvalue weighted by atomic mass is 9.99. The fourth-order valence-electron chi connectivity index (χ4n) is 2.30. The fraction of sp³-hybridized carbons (Fsp3) is 0.692. The van der Waals surface area contributed by atoms with Crippen molar-refractivity contribution in [3.8, 4) is 0 Å². The summed E-state index contributed by atoms with van der Waals surface area (Å²) in [5.74, 6) is 0.119. The number of nitrogens with one attached hydrogen (secondary N) is 2. The van der Waals surface area contributed by atoms with Crippen molar-refractivity contribution in [1.29, 1.82) is 0 Å². The Kier molecular flexibility index (Phi) is 8.66. The van der Waals surface area contributed by atoms with Crippen molar-refractivity contribution in [3.63, 3.8) is 0 Å². The summed E-state index contributed by atoms with van der Waals surface area (Å²) in [7, 11) is 0. The molecule has 1 saturated heterocycles. The van der Waals surface area contributed by atoms with Crippen LogP contribution in [0.5, 0.6) is 0 Å². The number of carbonyl (C=O) groups is 1. The summed E-state index contributed by atoms with van der Waals surface area (Å²) in [6.07, 6.45) is 5.49. The molecule has 1 amide bonds. The number of amides is 1. The van der Waals surface area contributed by atoms with E-state index in [9.17, 15) is 4.79 Å². The molecule has 1 aromatic heterocycles. The molecular weight excluding hydrogens is 317 g/mol. The average Bonchev–Trinajstić information content (AvgIpc) is 3.00. The molecule has 0 bridgehead atoms. The summed E-state index contributed by atoms with van der Waals surface area (Å²) < 4.78 is 0. The van der Waals surface area contributed by atoms with E-state index in [1.54, 1.807) is 17.5 Å². The zero-order chi connectivity index (χ0) is 13.0. The third-order valence-electron chi connectivity index (χ3n) is 3.62. The Morgan fingerprint density at radius 3 is 2.85 bits per heavy atom. The largest absolute Gasteiger partial charge is 0.344 e. The monoisotopic (exact) mass is 339 g/mol. The van der Waals surface area contributed by atoms with E-state index in [0.717, 1.165) is 24.4 Å². The smallest absolute Gasteiger partial charge is 0.222 e. The van der Waals surface area contributed by atoms with E-state index in [1.807, 2.05) is 12.3 Å². The van der Waals surface area contributed by atoms with E-state index in [2.05, 4.69) is 22.5 Å². The second kappa shape index (κ2) is 8.82. The standard InChI is InChI=1S/C13H21N3OS.2ClH/c1-3-13(2,12-15-7-8-18-12)16-11(17)9-10-5-4-6-14-10;;/h7-8,10,14H,3-6,9H2,1-2H3,(H,16,17);2*1H. The third kappa shape index (κ3) is 4.88. The molecule has 7 heteroatoms. The lowest BCUT2D eigenvalue weighted by Crippen LogP contribution is -2.44. The van der Waals surface area contributed by atoms with Gasteiger partial charge in [0.05, 0.1) is 5.54 Å². The number of nitrogens with zero attached hydrogens (tertiary/aromatic N) is 1. The van der Waals surface area contributed by atoms with Gasteiger partial charge < -0.3 is 10.6 Å². The molecule has 1 aromatic rings. The van der Waals surface area contributed by atoms with Gasteiger partial charge >= 0.3 is 0 Å². The van der Waals surface area contributed by atoms with E-state index < -0.39 is 0 Å². The van der Waals surface area contributed by atoms with Crippen LogP contribution in [0.25, 0.3) is 0 Å². The Labute approximate surface area is 137 Å². The van der Waals surface area contributed by atoms with E-state index in [1.165, 1.54) is 6.42 Å². The molecular formula is C13H23Cl2N3OS. The van der Waals surface area contributed by atoms with Gasteiger partial charge in [0.15, 0.2) is 0 Å². The van der Waals surface area contributed by atoms with Crippen LogP contribution in [0.1, 0.15) is 44.5 Å². The first-order valence-corrected chi connectivity index (χ1v) is 7.46. The minimum Gasteiger partial charge on any atom is -0.344 e. The van der Waals surface area contributed by atoms with Gasteiger partial charge in [0.25, 0.3) is 0 Å². The molecule has 2 atom stereocenters. The Balaban J connectivity index is 0.00000180. The molecule has 0 spiro atoms. The summed E-state index contributed by atoms with van der Waals surface area (Å²) in [6, 6.07) is 0.349. The van der Waals surface area contributed by atoms with Crippen LogP contribution in [0.3, 0.4) is 0 Å². The van der Waals surface area contributed by atoms with Crippen molar-refractivity contribution in [2.24, 2.45) is 0 Å². The van der Waals surface area contributed by atoms with Crippen LogP contribution in [-0.4, -0.2) is 23.5 Å². The Morgan fingerprint density at radius 1 is 1.60 bits per heavy atom. The van der Waals surface area contributed by atoms with Crippen molar-refractivity contribution < 1.29 is 4.79 Å². The number of rotatable bonds is 5. The predicted molar refractivity (Wildman–Crippen MR) is 88.0 cm³/mol. The number of halogens is 2. The van der Waals surface area contributed by atoms with Crippen molar-refractivity contribution in [3.05, 3.63) is 16.6 Å². The Bertz CT molecular complexity index is 396. The third-order valence-corrected chi connectivity index (χ3v) is 4.66. The van der Waals surface area contributed by atoms with Gasteiger partial charge in [-0.2, -0.15) is 0 Å². The molecule has 1 aliphatic rings. The summed E-state index contributed by atoms with van der Waals surface area (Å²) in [5.41, 5.74) is -0.330. The van der Waals surface area contributed by atoms with Gasteiger partial charge in [-0.1, -0.05) is 6.92 Å². The first kappa shape index (κ1) is 19.6. The maximum atomic E-state index is 12.1. The number of thiazole rings is 1. The second-order valence-electron chi connectivity index (χ2n) is 5.07. The number of hydrogen-bond acceptors (Lipinski definition) is 4.